The number of ether oxygens (including phenoxy) is 2. The van der Waals surface area contributed by atoms with Crippen molar-refractivity contribution in [2.75, 3.05) is 6.54 Å². The van der Waals surface area contributed by atoms with E-state index in [1.54, 1.807) is 4.90 Å². The van der Waals surface area contributed by atoms with Crippen LogP contribution in [0.25, 0.3) is 5.57 Å². The molecule has 154 valence electrons. The van der Waals surface area contributed by atoms with E-state index < -0.39 is 17.3 Å². The highest BCUT2D eigenvalue weighted by molar-refractivity contribution is 5.76. The second-order valence-electron chi connectivity index (χ2n) is 8.94. The number of hydrogen-bond donors (Lipinski definition) is 1. The second-order valence-corrected chi connectivity index (χ2v) is 8.94. The molecule has 1 aromatic carbocycles. The maximum Gasteiger partial charge on any atom is 0.414 e. The van der Waals surface area contributed by atoms with Crippen LogP contribution in [0.15, 0.2) is 30.5 Å². The summed E-state index contributed by atoms with van der Waals surface area (Å²) in [4.78, 5) is 26.0. The van der Waals surface area contributed by atoms with Crippen LogP contribution in [0.3, 0.4) is 0 Å². The van der Waals surface area contributed by atoms with Gasteiger partial charge in [0, 0.05) is 19.3 Å². The topological polar surface area (TPSA) is 67.9 Å². The standard InChI is InChI=1S/C22H32N2O4/c1-21(2,3)27-19(25)23-14-16-10-7-8-12-18(16)17-11-9-13-24(15-17)20(26)28-22(4,5)6/h7-8,10,12,15H,9,11,13-14H2,1-6H3,(H,23,25). The highest BCUT2D eigenvalue weighted by Gasteiger charge is 2.24. The van der Waals surface area contributed by atoms with Crippen molar-refractivity contribution < 1.29 is 19.1 Å². The molecule has 1 aliphatic rings. The van der Waals surface area contributed by atoms with Gasteiger partial charge in [0.25, 0.3) is 0 Å². The number of nitrogens with zero attached hydrogens (tertiary/aromatic N) is 1. The first-order valence-corrected chi connectivity index (χ1v) is 9.70. The molecule has 1 heterocycles. The first-order chi connectivity index (χ1) is 12.9. The van der Waals surface area contributed by atoms with Crippen LogP contribution in [0, 0.1) is 0 Å². The van der Waals surface area contributed by atoms with Crippen molar-refractivity contribution in [2.24, 2.45) is 0 Å². The zero-order chi connectivity index (χ0) is 20.9. The lowest BCUT2D eigenvalue weighted by molar-refractivity contribution is 0.0328. The van der Waals surface area contributed by atoms with Gasteiger partial charge in [0.1, 0.15) is 11.2 Å². The van der Waals surface area contributed by atoms with E-state index in [0.717, 1.165) is 29.5 Å². The van der Waals surface area contributed by atoms with Gasteiger partial charge in [0.05, 0.1) is 0 Å². The molecule has 0 atom stereocenters. The lowest BCUT2D eigenvalue weighted by Gasteiger charge is -2.29. The molecule has 1 aliphatic heterocycles. The fourth-order valence-corrected chi connectivity index (χ4v) is 2.90. The Hall–Kier alpha value is -2.50. The van der Waals surface area contributed by atoms with E-state index >= 15 is 0 Å². The summed E-state index contributed by atoms with van der Waals surface area (Å²) in [6, 6.07) is 7.88. The number of rotatable bonds is 3. The first kappa shape index (κ1) is 21.8. The SMILES string of the molecule is CC(C)(C)OC(=O)NCc1ccccc1C1=CN(C(=O)OC(C)(C)C)CCC1. The van der Waals surface area contributed by atoms with Crippen LogP contribution < -0.4 is 5.32 Å². The summed E-state index contributed by atoms with van der Waals surface area (Å²) in [6.45, 7) is 12.1. The van der Waals surface area contributed by atoms with Gasteiger partial charge < -0.3 is 14.8 Å². The number of allylic oxidation sites excluding steroid dienone is 1. The van der Waals surface area contributed by atoms with Crippen molar-refractivity contribution in [3.63, 3.8) is 0 Å². The molecule has 28 heavy (non-hydrogen) atoms. The summed E-state index contributed by atoms with van der Waals surface area (Å²) >= 11 is 0. The van der Waals surface area contributed by atoms with Crippen LogP contribution in [-0.4, -0.2) is 34.8 Å². The minimum Gasteiger partial charge on any atom is -0.444 e. The summed E-state index contributed by atoms with van der Waals surface area (Å²) in [5, 5.41) is 2.81. The van der Waals surface area contributed by atoms with Crippen molar-refractivity contribution >= 4 is 17.8 Å². The van der Waals surface area contributed by atoms with E-state index in [4.69, 9.17) is 9.47 Å². The average molecular weight is 389 g/mol. The van der Waals surface area contributed by atoms with Gasteiger partial charge in [-0.05, 0) is 71.1 Å². The number of carbonyl (C=O) groups excluding carboxylic acids is 2. The summed E-state index contributed by atoms with van der Waals surface area (Å²) in [5.41, 5.74) is 1.98. The third-order valence-electron chi connectivity index (χ3n) is 3.97. The third kappa shape index (κ3) is 6.91. The third-order valence-corrected chi connectivity index (χ3v) is 3.97. The van der Waals surface area contributed by atoms with E-state index in [-0.39, 0.29) is 6.09 Å². The Balaban J connectivity index is 2.14. The van der Waals surface area contributed by atoms with Gasteiger partial charge in [-0.3, -0.25) is 4.90 Å². The number of alkyl carbamates (subject to hydrolysis) is 1. The molecule has 0 aliphatic carbocycles. The second kappa shape index (κ2) is 8.67. The summed E-state index contributed by atoms with van der Waals surface area (Å²) in [5.74, 6) is 0. The molecular formula is C22H32N2O4. The zero-order valence-corrected chi connectivity index (χ0v) is 17.8. The van der Waals surface area contributed by atoms with E-state index in [9.17, 15) is 9.59 Å². The molecule has 1 aromatic rings. The van der Waals surface area contributed by atoms with E-state index in [1.807, 2.05) is 72.0 Å². The molecule has 0 fully saturated rings. The Labute approximate surface area is 167 Å². The minimum atomic E-state index is -0.538. The molecule has 0 saturated carbocycles. The van der Waals surface area contributed by atoms with Gasteiger partial charge >= 0.3 is 12.2 Å². The number of benzene rings is 1. The van der Waals surface area contributed by atoms with Crippen molar-refractivity contribution in [3.05, 3.63) is 41.6 Å². The number of carbonyl (C=O) groups is 2. The predicted molar refractivity (Wildman–Crippen MR) is 110 cm³/mol. The summed E-state index contributed by atoms with van der Waals surface area (Å²) < 4.78 is 10.8. The van der Waals surface area contributed by atoms with Crippen LogP contribution >= 0.6 is 0 Å². The van der Waals surface area contributed by atoms with Gasteiger partial charge in [0.2, 0.25) is 0 Å². The predicted octanol–water partition coefficient (Wildman–Crippen LogP) is 5.08. The van der Waals surface area contributed by atoms with Crippen LogP contribution in [0.4, 0.5) is 9.59 Å². The Bertz CT molecular complexity index is 742. The minimum absolute atomic E-state index is 0.339. The van der Waals surface area contributed by atoms with Crippen LogP contribution in [0.5, 0.6) is 0 Å². The van der Waals surface area contributed by atoms with Crippen LogP contribution in [0.2, 0.25) is 0 Å². The smallest absolute Gasteiger partial charge is 0.414 e. The number of nitrogens with one attached hydrogen (secondary N) is 1. The van der Waals surface area contributed by atoms with Crippen molar-refractivity contribution in [1.29, 1.82) is 0 Å². The maximum absolute atomic E-state index is 12.4. The molecule has 0 radical (unpaired) electrons. The molecule has 0 spiro atoms. The van der Waals surface area contributed by atoms with Gasteiger partial charge in [-0.15, -0.1) is 0 Å². The maximum atomic E-state index is 12.4. The Morgan fingerprint density at radius 1 is 1.04 bits per heavy atom. The molecule has 0 bridgehead atoms. The quantitative estimate of drug-likeness (QED) is 0.784. The number of amides is 2. The van der Waals surface area contributed by atoms with Gasteiger partial charge in [-0.2, -0.15) is 0 Å². The van der Waals surface area contributed by atoms with Crippen LogP contribution in [-0.2, 0) is 16.0 Å². The fourth-order valence-electron chi connectivity index (χ4n) is 2.90. The molecule has 2 amide bonds. The van der Waals surface area contributed by atoms with Crippen LogP contribution in [0.1, 0.15) is 65.5 Å². The van der Waals surface area contributed by atoms with Crippen molar-refractivity contribution in [3.8, 4) is 0 Å². The van der Waals surface area contributed by atoms with Crippen molar-refractivity contribution in [1.82, 2.24) is 10.2 Å². The summed E-state index contributed by atoms with van der Waals surface area (Å²) in [6.07, 6.45) is 2.80. The monoisotopic (exact) mass is 388 g/mol. The van der Waals surface area contributed by atoms with Gasteiger partial charge in [-0.1, -0.05) is 24.3 Å². The average Bonchev–Trinajstić information content (AvgIpc) is 2.57. The summed E-state index contributed by atoms with van der Waals surface area (Å²) in [7, 11) is 0. The van der Waals surface area contributed by atoms with Gasteiger partial charge in [-0.25, -0.2) is 9.59 Å². The first-order valence-electron chi connectivity index (χ1n) is 9.70. The molecular weight excluding hydrogens is 356 g/mol. The Kier molecular flexibility index (Phi) is 6.75. The number of hydrogen-bond acceptors (Lipinski definition) is 4. The largest absolute Gasteiger partial charge is 0.444 e. The molecule has 0 aromatic heterocycles. The molecule has 6 heteroatoms. The normalized spacial score (nSPS) is 14.9. The Morgan fingerprint density at radius 2 is 1.68 bits per heavy atom. The molecule has 0 unspecified atom stereocenters. The highest BCUT2D eigenvalue weighted by atomic mass is 16.6. The lowest BCUT2D eigenvalue weighted by Crippen LogP contribution is -2.35. The molecule has 0 saturated heterocycles. The highest BCUT2D eigenvalue weighted by Crippen LogP contribution is 2.28. The van der Waals surface area contributed by atoms with E-state index in [1.165, 1.54) is 0 Å². The molecule has 2 rings (SSSR count). The Morgan fingerprint density at radius 3 is 2.32 bits per heavy atom. The fraction of sp³-hybridized carbons (Fsp3) is 0.545. The zero-order valence-electron chi connectivity index (χ0n) is 17.8. The van der Waals surface area contributed by atoms with E-state index in [2.05, 4.69) is 5.32 Å². The lowest BCUT2D eigenvalue weighted by atomic mass is 9.95. The molecule has 6 nitrogen and oxygen atoms in total. The van der Waals surface area contributed by atoms with Crippen molar-refractivity contribution in [2.45, 2.75) is 72.1 Å². The molecule has 1 N–H and O–H groups in total. The van der Waals surface area contributed by atoms with E-state index in [0.29, 0.717) is 13.1 Å². The van der Waals surface area contributed by atoms with Gasteiger partial charge in [0.15, 0.2) is 0 Å².